The van der Waals surface area contributed by atoms with Crippen LogP contribution in [0.25, 0.3) is 0 Å². The lowest BCUT2D eigenvalue weighted by atomic mass is 9.95. The second-order valence-electron chi connectivity index (χ2n) is 4.43. The molecule has 1 aromatic carbocycles. The Hall–Kier alpha value is -1.38. The van der Waals surface area contributed by atoms with Gasteiger partial charge in [0.05, 0.1) is 18.5 Å². The first-order chi connectivity index (χ1) is 7.79. The molecule has 0 radical (unpaired) electrons. The summed E-state index contributed by atoms with van der Waals surface area (Å²) in [4.78, 5) is 0. The van der Waals surface area contributed by atoms with Crippen molar-refractivity contribution in [2.24, 2.45) is 0 Å². The van der Waals surface area contributed by atoms with Crippen molar-refractivity contribution in [3.8, 4) is 5.75 Å². The van der Waals surface area contributed by atoms with Gasteiger partial charge >= 0.3 is 0 Å². The molecule has 0 heterocycles. The number of anilines is 2. The summed E-state index contributed by atoms with van der Waals surface area (Å²) in [6, 6.07) is 6.40. The van der Waals surface area contributed by atoms with Crippen molar-refractivity contribution in [2.45, 2.75) is 38.1 Å². The lowest BCUT2D eigenvalue weighted by Gasteiger charge is -2.24. The molecule has 0 atom stereocenters. The zero-order valence-corrected chi connectivity index (χ0v) is 9.83. The molecule has 0 spiro atoms. The maximum Gasteiger partial charge on any atom is 0.121 e. The third-order valence-electron chi connectivity index (χ3n) is 3.22. The zero-order chi connectivity index (χ0) is 11.4. The van der Waals surface area contributed by atoms with Gasteiger partial charge in [0.15, 0.2) is 0 Å². The van der Waals surface area contributed by atoms with Crippen LogP contribution in [0.2, 0.25) is 0 Å². The van der Waals surface area contributed by atoms with Gasteiger partial charge < -0.3 is 15.8 Å². The average molecular weight is 220 g/mol. The molecule has 16 heavy (non-hydrogen) atoms. The summed E-state index contributed by atoms with van der Waals surface area (Å²) in [6.45, 7) is 0. The molecule has 0 unspecified atom stereocenters. The van der Waals surface area contributed by atoms with Gasteiger partial charge in [0, 0.05) is 12.1 Å². The van der Waals surface area contributed by atoms with E-state index in [0.717, 1.165) is 17.1 Å². The van der Waals surface area contributed by atoms with E-state index in [0.29, 0.717) is 6.04 Å². The van der Waals surface area contributed by atoms with Crippen LogP contribution in [0.3, 0.4) is 0 Å². The molecule has 1 aliphatic rings. The van der Waals surface area contributed by atoms with Crippen molar-refractivity contribution >= 4 is 11.4 Å². The Labute approximate surface area is 97.0 Å². The molecule has 0 bridgehead atoms. The van der Waals surface area contributed by atoms with Crippen LogP contribution in [0.4, 0.5) is 11.4 Å². The first kappa shape index (κ1) is 11.1. The third-order valence-corrected chi connectivity index (χ3v) is 3.22. The summed E-state index contributed by atoms with van der Waals surface area (Å²) in [5, 5.41) is 3.52. The van der Waals surface area contributed by atoms with Crippen LogP contribution < -0.4 is 15.8 Å². The summed E-state index contributed by atoms with van der Waals surface area (Å²) < 4.78 is 5.13. The van der Waals surface area contributed by atoms with Crippen molar-refractivity contribution < 1.29 is 4.74 Å². The second kappa shape index (κ2) is 5.10. The molecule has 0 saturated heterocycles. The number of ether oxygens (including phenoxy) is 1. The van der Waals surface area contributed by atoms with Crippen LogP contribution in [-0.4, -0.2) is 13.2 Å². The summed E-state index contributed by atoms with van der Waals surface area (Å²) in [5.41, 5.74) is 7.77. The Morgan fingerprint density at radius 1 is 1.25 bits per heavy atom. The van der Waals surface area contributed by atoms with Crippen molar-refractivity contribution in [3.05, 3.63) is 18.2 Å². The Morgan fingerprint density at radius 2 is 2.00 bits per heavy atom. The van der Waals surface area contributed by atoms with E-state index in [1.165, 1.54) is 32.1 Å². The minimum Gasteiger partial charge on any atom is -0.497 e. The maximum absolute atomic E-state index is 5.97. The standard InChI is InChI=1S/C13H20N2O/c1-16-11-7-8-13(12(14)9-11)15-10-5-3-2-4-6-10/h7-10,15H,2-6,14H2,1H3. The van der Waals surface area contributed by atoms with Crippen LogP contribution in [0.1, 0.15) is 32.1 Å². The van der Waals surface area contributed by atoms with Gasteiger partial charge in [-0.05, 0) is 25.0 Å². The molecule has 2 rings (SSSR count). The van der Waals surface area contributed by atoms with E-state index in [2.05, 4.69) is 5.32 Å². The highest BCUT2D eigenvalue weighted by atomic mass is 16.5. The summed E-state index contributed by atoms with van der Waals surface area (Å²) >= 11 is 0. The summed E-state index contributed by atoms with van der Waals surface area (Å²) in [5.74, 6) is 0.812. The number of benzene rings is 1. The Kier molecular flexibility index (Phi) is 3.54. The van der Waals surface area contributed by atoms with E-state index >= 15 is 0 Å². The smallest absolute Gasteiger partial charge is 0.121 e. The fourth-order valence-corrected chi connectivity index (χ4v) is 2.27. The van der Waals surface area contributed by atoms with Gasteiger partial charge in [-0.3, -0.25) is 0 Å². The van der Waals surface area contributed by atoms with E-state index in [1.54, 1.807) is 7.11 Å². The molecular formula is C13H20N2O. The number of hydrogen-bond donors (Lipinski definition) is 2. The lowest BCUT2D eigenvalue weighted by molar-refractivity contribution is 0.415. The predicted octanol–water partition coefficient (Wildman–Crippen LogP) is 3.02. The van der Waals surface area contributed by atoms with Crippen molar-refractivity contribution in [1.29, 1.82) is 0 Å². The first-order valence-corrected chi connectivity index (χ1v) is 5.99. The predicted molar refractivity (Wildman–Crippen MR) is 67.9 cm³/mol. The minimum absolute atomic E-state index is 0.587. The number of hydrogen-bond acceptors (Lipinski definition) is 3. The van der Waals surface area contributed by atoms with E-state index in [4.69, 9.17) is 10.5 Å². The molecule has 1 fully saturated rings. The highest BCUT2D eigenvalue weighted by molar-refractivity contribution is 5.68. The molecule has 1 saturated carbocycles. The van der Waals surface area contributed by atoms with Crippen LogP contribution >= 0.6 is 0 Å². The van der Waals surface area contributed by atoms with Crippen molar-refractivity contribution in [3.63, 3.8) is 0 Å². The number of methoxy groups -OCH3 is 1. The largest absolute Gasteiger partial charge is 0.497 e. The molecule has 1 aromatic rings. The minimum atomic E-state index is 0.587. The van der Waals surface area contributed by atoms with Crippen LogP contribution in [0.15, 0.2) is 18.2 Å². The molecule has 0 aliphatic heterocycles. The SMILES string of the molecule is COc1ccc(NC2CCCCC2)c(N)c1. The number of rotatable bonds is 3. The molecule has 88 valence electrons. The number of nitrogens with two attached hydrogens (primary N) is 1. The van der Waals surface area contributed by atoms with Gasteiger partial charge in [-0.2, -0.15) is 0 Å². The fourth-order valence-electron chi connectivity index (χ4n) is 2.27. The number of nitrogens with one attached hydrogen (secondary N) is 1. The van der Waals surface area contributed by atoms with E-state index in [-0.39, 0.29) is 0 Å². The topological polar surface area (TPSA) is 47.3 Å². The molecular weight excluding hydrogens is 200 g/mol. The molecule has 0 aromatic heterocycles. The monoisotopic (exact) mass is 220 g/mol. The van der Waals surface area contributed by atoms with E-state index in [9.17, 15) is 0 Å². The fraction of sp³-hybridized carbons (Fsp3) is 0.538. The maximum atomic E-state index is 5.97. The number of nitrogen functional groups attached to an aromatic ring is 1. The summed E-state index contributed by atoms with van der Waals surface area (Å²) in [7, 11) is 1.66. The molecule has 0 amide bonds. The lowest BCUT2D eigenvalue weighted by Crippen LogP contribution is -2.22. The van der Waals surface area contributed by atoms with Crippen LogP contribution in [0, 0.1) is 0 Å². The van der Waals surface area contributed by atoms with Gasteiger partial charge in [-0.25, -0.2) is 0 Å². The van der Waals surface area contributed by atoms with E-state index in [1.807, 2.05) is 18.2 Å². The van der Waals surface area contributed by atoms with Gasteiger partial charge in [-0.15, -0.1) is 0 Å². The van der Waals surface area contributed by atoms with Crippen LogP contribution in [0.5, 0.6) is 5.75 Å². The second-order valence-corrected chi connectivity index (χ2v) is 4.43. The van der Waals surface area contributed by atoms with E-state index < -0.39 is 0 Å². The Bertz CT molecular complexity index is 346. The van der Waals surface area contributed by atoms with Crippen molar-refractivity contribution in [1.82, 2.24) is 0 Å². The van der Waals surface area contributed by atoms with Gasteiger partial charge in [-0.1, -0.05) is 19.3 Å². The molecule has 3 heteroatoms. The zero-order valence-electron chi connectivity index (χ0n) is 9.83. The highest BCUT2D eigenvalue weighted by Gasteiger charge is 2.13. The molecule has 3 N–H and O–H groups in total. The molecule has 3 nitrogen and oxygen atoms in total. The highest BCUT2D eigenvalue weighted by Crippen LogP contribution is 2.27. The van der Waals surface area contributed by atoms with Crippen LogP contribution in [-0.2, 0) is 0 Å². The van der Waals surface area contributed by atoms with Gasteiger partial charge in [0.1, 0.15) is 5.75 Å². The normalized spacial score (nSPS) is 17.1. The average Bonchev–Trinajstić information content (AvgIpc) is 2.33. The summed E-state index contributed by atoms with van der Waals surface area (Å²) in [6.07, 6.45) is 6.54. The van der Waals surface area contributed by atoms with Gasteiger partial charge in [0.25, 0.3) is 0 Å². The Morgan fingerprint density at radius 3 is 2.62 bits per heavy atom. The Balaban J connectivity index is 2.03. The van der Waals surface area contributed by atoms with Crippen molar-refractivity contribution in [2.75, 3.05) is 18.2 Å². The quantitative estimate of drug-likeness (QED) is 0.770. The first-order valence-electron chi connectivity index (χ1n) is 5.99. The molecule has 1 aliphatic carbocycles. The van der Waals surface area contributed by atoms with Gasteiger partial charge in [0.2, 0.25) is 0 Å². The third kappa shape index (κ3) is 2.60.